The van der Waals surface area contributed by atoms with E-state index in [1.54, 1.807) is 12.2 Å². The number of rotatable bonds is 46. The monoisotopic (exact) mass is 1040 g/mol. The lowest BCUT2D eigenvalue weighted by Gasteiger charge is -2.36. The summed E-state index contributed by atoms with van der Waals surface area (Å²) in [4.78, 5) is 53.2. The minimum Gasteiger partial charge on any atom is -0.462 e. The van der Waals surface area contributed by atoms with Crippen LogP contribution < -0.4 is 0 Å². The van der Waals surface area contributed by atoms with Gasteiger partial charge in [-0.1, -0.05) is 186 Å². The first kappa shape index (κ1) is 66.5. The van der Waals surface area contributed by atoms with Gasteiger partial charge in [-0.3, -0.25) is 23.2 Å². The van der Waals surface area contributed by atoms with Crippen LogP contribution in [0, 0.1) is 11.8 Å². The average Bonchev–Trinajstić information content (AvgIpc) is 3.31. The predicted molar refractivity (Wildman–Crippen MR) is 270 cm³/mol. The number of allylic oxidation sites excluding steroid dienone is 2. The molecule has 0 radical (unpaired) electrons. The number of hydrogen-bond donors (Lipinski definition) is 7. The molecule has 0 aliphatic carbocycles. The number of carbonyl (C=O) groups is 2. The molecule has 70 heavy (non-hydrogen) atoms. The van der Waals surface area contributed by atoms with Crippen LogP contribution in [-0.4, -0.2) is 110 Å². The van der Waals surface area contributed by atoms with Crippen molar-refractivity contribution in [1.82, 2.24) is 0 Å². The molecule has 0 bridgehead atoms. The fraction of sp³-hybridized carbons (Fsp3) is 0.882. The smallest absolute Gasteiger partial charge is 0.462 e. The average molecular weight is 1040 g/mol. The summed E-state index contributed by atoms with van der Waals surface area (Å²) in [5.74, 6) is -0.696. The van der Waals surface area contributed by atoms with Crippen LogP contribution in [0.3, 0.4) is 0 Å². The second-order valence-electron chi connectivity index (χ2n) is 19.3. The van der Waals surface area contributed by atoms with Gasteiger partial charge in [0, 0.05) is 25.2 Å². The number of unbranched alkanes of at least 4 members (excludes halogenated alkanes) is 20. The largest absolute Gasteiger partial charge is 0.472 e. The van der Waals surface area contributed by atoms with E-state index in [4.69, 9.17) is 33.0 Å². The highest BCUT2D eigenvalue weighted by molar-refractivity contribution is 7.47. The lowest BCUT2D eigenvalue weighted by atomic mass is 9.87. The second-order valence-corrected chi connectivity index (χ2v) is 22.0. The van der Waals surface area contributed by atoms with Crippen molar-refractivity contribution in [3.8, 4) is 0 Å². The normalized spacial score (nSPS) is 20.4. The van der Waals surface area contributed by atoms with Crippen LogP contribution in [0.5, 0.6) is 0 Å². The molecule has 0 saturated carbocycles. The minimum atomic E-state index is -4.90. The van der Waals surface area contributed by atoms with E-state index in [0.717, 1.165) is 50.9 Å². The van der Waals surface area contributed by atoms with E-state index in [-0.39, 0.29) is 25.2 Å². The number of carbonyl (C=O) groups excluding carboxylic acids is 2. The van der Waals surface area contributed by atoms with Crippen molar-refractivity contribution in [3.05, 3.63) is 24.3 Å². The van der Waals surface area contributed by atoms with Crippen molar-refractivity contribution in [1.29, 1.82) is 0 Å². The Bertz CT molecular complexity index is 1460. The summed E-state index contributed by atoms with van der Waals surface area (Å²) in [6.45, 7) is 3.77. The van der Waals surface area contributed by atoms with Gasteiger partial charge in [-0.2, -0.15) is 0 Å². The van der Waals surface area contributed by atoms with Crippen LogP contribution in [-0.2, 0) is 46.5 Å². The lowest BCUT2D eigenvalue weighted by molar-refractivity contribution is -0.199. The zero-order valence-electron chi connectivity index (χ0n) is 43.1. The number of aliphatic hydroxyl groups excluding tert-OH is 4. The van der Waals surface area contributed by atoms with Crippen molar-refractivity contribution in [2.24, 2.45) is 11.8 Å². The number of aliphatic hydroxyl groups is 4. The fourth-order valence-electron chi connectivity index (χ4n) is 8.13. The zero-order chi connectivity index (χ0) is 51.9. The van der Waals surface area contributed by atoms with Gasteiger partial charge in [-0.25, -0.2) is 9.13 Å². The number of hydrogen-bond acceptors (Lipinski definition) is 14. The molecule has 0 aromatic carbocycles. The van der Waals surface area contributed by atoms with Gasteiger partial charge >= 0.3 is 27.6 Å². The lowest BCUT2D eigenvalue weighted by Crippen LogP contribution is -2.43. The molecule has 1 rings (SSSR count). The molecule has 1 heterocycles. The Morgan fingerprint density at radius 3 is 1.76 bits per heavy atom. The third-order valence-electron chi connectivity index (χ3n) is 12.7. The Morgan fingerprint density at radius 1 is 0.657 bits per heavy atom. The van der Waals surface area contributed by atoms with Crippen LogP contribution >= 0.6 is 15.6 Å². The van der Waals surface area contributed by atoms with Crippen molar-refractivity contribution >= 4 is 27.6 Å². The van der Waals surface area contributed by atoms with E-state index < -0.39 is 90.8 Å². The van der Waals surface area contributed by atoms with Crippen molar-refractivity contribution in [2.75, 3.05) is 26.4 Å². The first-order valence-corrected chi connectivity index (χ1v) is 29.8. The van der Waals surface area contributed by atoms with E-state index >= 15 is 0 Å². The maximum absolute atomic E-state index is 12.8. The summed E-state index contributed by atoms with van der Waals surface area (Å²) >= 11 is 0. The summed E-state index contributed by atoms with van der Waals surface area (Å²) in [6, 6.07) is 0. The van der Waals surface area contributed by atoms with Gasteiger partial charge in [0.15, 0.2) is 12.4 Å². The molecule has 19 heteroatoms. The topological polar surface area (TPSA) is 265 Å². The molecule has 0 spiro atoms. The van der Waals surface area contributed by atoms with Crippen LogP contribution in [0.4, 0.5) is 0 Å². The molecular weight excluding hydrogens is 946 g/mol. The Hall–Kier alpha value is -1.56. The highest BCUT2D eigenvalue weighted by atomic mass is 31.2. The Labute approximate surface area is 420 Å². The van der Waals surface area contributed by atoms with E-state index in [2.05, 4.69) is 25.3 Å². The SMILES string of the molecule is CCCCC[C@H](O)/C=C/[C@H]1OC(O)C[C@H](O)[C@@H]1C/C=C\CCCC(=O)OC[C@H](COP(=O)(O)OC[C@@H](O)COP(=O)(O)O)OC(=O)CCCCCCCCCCCCCCCCCCCCC(C)CC. The summed E-state index contributed by atoms with van der Waals surface area (Å²) < 4.78 is 53.7. The third-order valence-corrected chi connectivity index (χ3v) is 14.1. The standard InChI is InChI=1S/C51H96O17P2/c1-4-6-25-31-43(52)35-36-48-46(47(54)37-51(57)68-48)32-27-23-24-28-33-49(55)63-40-45(41-66-70(61,62)65-39-44(53)38-64-69(58,59)60)67-50(56)34-29-22-20-18-16-14-12-10-8-7-9-11-13-15-17-19-21-26-30-42(3)5-2/h23,27,35-36,42-48,51-54,57H,4-22,24-26,28-34,37-41H2,1-3H3,(H,61,62)(H2,58,59,60)/b27-23-,36-35+/t42?,43-,44-,45+,46-,47-,48+,51?/m0/s1. The van der Waals surface area contributed by atoms with Gasteiger partial charge in [0.25, 0.3) is 0 Å². The number of ether oxygens (including phenoxy) is 3. The highest BCUT2D eigenvalue weighted by Gasteiger charge is 2.35. The Kier molecular flexibility index (Phi) is 39.6. The first-order chi connectivity index (χ1) is 33.4. The summed E-state index contributed by atoms with van der Waals surface area (Å²) in [7, 11) is -9.78. The molecule has 412 valence electrons. The van der Waals surface area contributed by atoms with Crippen LogP contribution in [0.15, 0.2) is 24.3 Å². The molecule has 7 N–H and O–H groups in total. The summed E-state index contributed by atoms with van der Waals surface area (Å²) in [5, 5.41) is 40.8. The van der Waals surface area contributed by atoms with Gasteiger partial charge in [-0.15, -0.1) is 0 Å². The third kappa shape index (κ3) is 39.0. The van der Waals surface area contributed by atoms with Gasteiger partial charge in [0.1, 0.15) is 12.7 Å². The molecule has 1 fully saturated rings. The molecule has 1 saturated heterocycles. The van der Waals surface area contributed by atoms with Crippen molar-refractivity contribution < 1.29 is 81.6 Å². The molecule has 0 aromatic rings. The molecule has 1 aliphatic heterocycles. The van der Waals surface area contributed by atoms with E-state index in [1.807, 2.05) is 12.2 Å². The molecular formula is C51H96O17P2. The van der Waals surface area contributed by atoms with Gasteiger partial charge in [0.2, 0.25) is 0 Å². The highest BCUT2D eigenvalue weighted by Crippen LogP contribution is 2.44. The van der Waals surface area contributed by atoms with E-state index in [9.17, 15) is 44.0 Å². The maximum atomic E-state index is 12.8. The summed E-state index contributed by atoms with van der Waals surface area (Å²) in [5.41, 5.74) is 0. The zero-order valence-corrected chi connectivity index (χ0v) is 44.9. The molecule has 1 aliphatic rings. The van der Waals surface area contributed by atoms with Gasteiger partial charge in [-0.05, 0) is 38.0 Å². The van der Waals surface area contributed by atoms with Gasteiger partial charge in [0.05, 0.1) is 38.1 Å². The predicted octanol–water partition coefficient (Wildman–Crippen LogP) is 10.6. The number of phosphoric ester groups is 2. The molecule has 0 amide bonds. The first-order valence-electron chi connectivity index (χ1n) is 26.8. The van der Waals surface area contributed by atoms with E-state index in [1.165, 1.54) is 96.3 Å². The minimum absolute atomic E-state index is 0.00370. The number of esters is 2. The van der Waals surface area contributed by atoms with Crippen LogP contribution in [0.25, 0.3) is 0 Å². The molecule has 0 aromatic heterocycles. The molecule has 3 unspecified atom stereocenters. The van der Waals surface area contributed by atoms with Crippen molar-refractivity contribution in [2.45, 2.75) is 250 Å². The second kappa shape index (κ2) is 41.8. The van der Waals surface area contributed by atoms with Gasteiger partial charge < -0.3 is 49.3 Å². The fourth-order valence-corrected chi connectivity index (χ4v) is 9.29. The van der Waals surface area contributed by atoms with Crippen molar-refractivity contribution in [3.63, 3.8) is 0 Å². The van der Waals surface area contributed by atoms with Crippen LogP contribution in [0.1, 0.15) is 213 Å². The van der Waals surface area contributed by atoms with E-state index in [0.29, 0.717) is 32.1 Å². The summed E-state index contributed by atoms with van der Waals surface area (Å²) in [6.07, 6.45) is 30.6. The quantitative estimate of drug-likeness (QED) is 0.0129. The Balaban J connectivity index is 2.46. The molecule has 17 nitrogen and oxygen atoms in total. The Morgan fingerprint density at radius 2 is 1.19 bits per heavy atom. The number of phosphoric acid groups is 2. The molecule has 9 atom stereocenters. The maximum Gasteiger partial charge on any atom is 0.472 e. The van der Waals surface area contributed by atoms with Crippen LogP contribution in [0.2, 0.25) is 0 Å².